The summed E-state index contributed by atoms with van der Waals surface area (Å²) in [7, 11) is 1.69. The summed E-state index contributed by atoms with van der Waals surface area (Å²) in [5.41, 5.74) is 1.32. The Balaban J connectivity index is 1.27. The van der Waals surface area contributed by atoms with Gasteiger partial charge in [-0.25, -0.2) is 4.98 Å². The molecule has 2 aliphatic rings. The SMILES string of the molecule is COc1ccc(C2CCCN2CCC(=O)N2CCN(c3ccccn3)CC2)cc1. The second kappa shape index (κ2) is 9.27. The van der Waals surface area contributed by atoms with Crippen LogP contribution in [0.25, 0.3) is 0 Å². The van der Waals surface area contributed by atoms with Gasteiger partial charge in [0.15, 0.2) is 0 Å². The molecule has 2 aromatic rings. The Bertz CT molecular complexity index is 788. The summed E-state index contributed by atoms with van der Waals surface area (Å²) in [6.45, 7) is 5.14. The number of ether oxygens (including phenoxy) is 1. The van der Waals surface area contributed by atoms with Crippen LogP contribution in [0.5, 0.6) is 5.75 Å². The number of carbonyl (C=O) groups excluding carboxylic acids is 1. The zero-order valence-electron chi connectivity index (χ0n) is 17.2. The number of pyridine rings is 1. The summed E-state index contributed by atoms with van der Waals surface area (Å²) in [6.07, 6.45) is 4.76. The maximum absolute atomic E-state index is 12.8. The average molecular weight is 395 g/mol. The summed E-state index contributed by atoms with van der Waals surface area (Å²) < 4.78 is 5.27. The molecule has 0 radical (unpaired) electrons. The number of anilines is 1. The van der Waals surface area contributed by atoms with Crippen molar-refractivity contribution in [2.45, 2.75) is 25.3 Å². The molecule has 0 saturated carbocycles. The van der Waals surface area contributed by atoms with Gasteiger partial charge in [-0.05, 0) is 49.2 Å². The topological polar surface area (TPSA) is 48.9 Å². The normalized spacial score (nSPS) is 20.1. The highest BCUT2D eigenvalue weighted by Crippen LogP contribution is 2.32. The second-order valence-corrected chi connectivity index (χ2v) is 7.77. The van der Waals surface area contributed by atoms with Crippen LogP contribution in [0.3, 0.4) is 0 Å². The quantitative estimate of drug-likeness (QED) is 0.754. The highest BCUT2D eigenvalue weighted by atomic mass is 16.5. The molecule has 1 unspecified atom stereocenters. The molecule has 3 heterocycles. The number of nitrogens with zero attached hydrogens (tertiary/aromatic N) is 4. The number of hydrogen-bond donors (Lipinski definition) is 0. The molecule has 2 saturated heterocycles. The van der Waals surface area contributed by atoms with Crippen LogP contribution >= 0.6 is 0 Å². The van der Waals surface area contributed by atoms with Gasteiger partial charge in [0.1, 0.15) is 11.6 Å². The summed E-state index contributed by atoms with van der Waals surface area (Å²) in [6, 6.07) is 14.7. The van der Waals surface area contributed by atoms with E-state index in [0.717, 1.165) is 57.3 Å². The molecule has 0 spiro atoms. The number of likely N-dealkylation sites (tertiary alicyclic amines) is 1. The Morgan fingerprint density at radius 3 is 2.55 bits per heavy atom. The van der Waals surface area contributed by atoms with E-state index in [1.54, 1.807) is 7.11 Å². The van der Waals surface area contributed by atoms with E-state index in [4.69, 9.17) is 4.74 Å². The standard InChI is InChI=1S/C23H30N4O2/c1-29-20-9-7-19(8-10-20)21-5-4-13-25(21)14-11-23(28)27-17-15-26(16-18-27)22-6-2-3-12-24-22/h2-3,6-10,12,21H,4-5,11,13-18H2,1H3. The van der Waals surface area contributed by atoms with Gasteiger partial charge in [-0.1, -0.05) is 18.2 Å². The maximum Gasteiger partial charge on any atom is 0.223 e. The number of aromatic nitrogens is 1. The van der Waals surface area contributed by atoms with Crippen LogP contribution < -0.4 is 9.64 Å². The zero-order chi connectivity index (χ0) is 20.1. The number of methoxy groups -OCH3 is 1. The van der Waals surface area contributed by atoms with E-state index in [0.29, 0.717) is 12.5 Å². The van der Waals surface area contributed by atoms with Crippen molar-refractivity contribution in [2.75, 3.05) is 51.3 Å². The predicted octanol–water partition coefficient (Wildman–Crippen LogP) is 2.97. The minimum atomic E-state index is 0.269. The first kappa shape index (κ1) is 19.7. The Kier molecular flexibility index (Phi) is 6.30. The number of piperazine rings is 1. The molecular formula is C23H30N4O2. The van der Waals surface area contributed by atoms with Gasteiger partial charge in [-0.3, -0.25) is 9.69 Å². The molecule has 6 heteroatoms. The van der Waals surface area contributed by atoms with Crippen LogP contribution in [0.1, 0.15) is 30.9 Å². The van der Waals surface area contributed by atoms with Crippen molar-refractivity contribution in [1.82, 2.24) is 14.8 Å². The van der Waals surface area contributed by atoms with Crippen LogP contribution in [-0.2, 0) is 4.79 Å². The fourth-order valence-corrected chi connectivity index (χ4v) is 4.42. The molecule has 29 heavy (non-hydrogen) atoms. The van der Waals surface area contributed by atoms with Gasteiger partial charge in [0.2, 0.25) is 5.91 Å². The summed E-state index contributed by atoms with van der Waals surface area (Å²) in [4.78, 5) is 23.9. The maximum atomic E-state index is 12.8. The van der Waals surface area contributed by atoms with Gasteiger partial charge < -0.3 is 14.5 Å². The second-order valence-electron chi connectivity index (χ2n) is 7.77. The van der Waals surface area contributed by atoms with E-state index < -0.39 is 0 Å². The molecule has 154 valence electrons. The average Bonchev–Trinajstić information content (AvgIpc) is 3.27. The first-order valence-electron chi connectivity index (χ1n) is 10.6. The number of hydrogen-bond acceptors (Lipinski definition) is 5. The molecule has 1 amide bonds. The van der Waals surface area contributed by atoms with Gasteiger partial charge in [-0.15, -0.1) is 0 Å². The highest BCUT2D eigenvalue weighted by molar-refractivity contribution is 5.76. The van der Waals surface area contributed by atoms with E-state index >= 15 is 0 Å². The lowest BCUT2D eigenvalue weighted by atomic mass is 10.0. The molecular weight excluding hydrogens is 364 g/mol. The van der Waals surface area contributed by atoms with Crippen molar-refractivity contribution in [3.8, 4) is 5.75 Å². The monoisotopic (exact) mass is 394 g/mol. The van der Waals surface area contributed by atoms with Gasteiger partial charge in [0, 0.05) is 51.4 Å². The van der Waals surface area contributed by atoms with E-state index in [-0.39, 0.29) is 5.91 Å². The smallest absolute Gasteiger partial charge is 0.223 e. The Morgan fingerprint density at radius 1 is 1.07 bits per heavy atom. The lowest BCUT2D eigenvalue weighted by molar-refractivity contribution is -0.131. The number of carbonyl (C=O) groups is 1. The molecule has 1 aromatic carbocycles. The van der Waals surface area contributed by atoms with Crippen molar-refractivity contribution in [3.05, 3.63) is 54.2 Å². The van der Waals surface area contributed by atoms with Gasteiger partial charge >= 0.3 is 0 Å². The predicted molar refractivity (Wildman–Crippen MR) is 114 cm³/mol. The Hall–Kier alpha value is -2.60. The molecule has 1 aromatic heterocycles. The van der Waals surface area contributed by atoms with Gasteiger partial charge in [0.25, 0.3) is 0 Å². The van der Waals surface area contributed by atoms with E-state index in [1.165, 1.54) is 12.0 Å². The van der Waals surface area contributed by atoms with Crippen LogP contribution in [-0.4, -0.2) is 67.1 Å². The first-order chi connectivity index (χ1) is 14.2. The number of benzene rings is 1. The van der Waals surface area contributed by atoms with Crippen molar-refractivity contribution < 1.29 is 9.53 Å². The van der Waals surface area contributed by atoms with Gasteiger partial charge in [0.05, 0.1) is 7.11 Å². The zero-order valence-corrected chi connectivity index (χ0v) is 17.2. The minimum absolute atomic E-state index is 0.269. The minimum Gasteiger partial charge on any atom is -0.497 e. The summed E-state index contributed by atoms with van der Waals surface area (Å²) in [5, 5.41) is 0. The molecule has 2 aliphatic heterocycles. The lowest BCUT2D eigenvalue weighted by Gasteiger charge is -2.36. The van der Waals surface area contributed by atoms with Crippen molar-refractivity contribution >= 4 is 11.7 Å². The fourth-order valence-electron chi connectivity index (χ4n) is 4.42. The third-order valence-electron chi connectivity index (χ3n) is 6.08. The van der Waals surface area contributed by atoms with Crippen LogP contribution in [0.4, 0.5) is 5.82 Å². The Morgan fingerprint density at radius 2 is 1.86 bits per heavy atom. The molecule has 6 nitrogen and oxygen atoms in total. The fraction of sp³-hybridized carbons (Fsp3) is 0.478. The summed E-state index contributed by atoms with van der Waals surface area (Å²) >= 11 is 0. The van der Waals surface area contributed by atoms with Crippen molar-refractivity contribution in [1.29, 1.82) is 0 Å². The molecule has 0 aliphatic carbocycles. The molecule has 0 N–H and O–H groups in total. The van der Waals surface area contributed by atoms with Gasteiger partial charge in [-0.2, -0.15) is 0 Å². The van der Waals surface area contributed by atoms with Crippen molar-refractivity contribution in [2.24, 2.45) is 0 Å². The largest absolute Gasteiger partial charge is 0.497 e. The van der Waals surface area contributed by atoms with E-state index in [9.17, 15) is 4.79 Å². The highest BCUT2D eigenvalue weighted by Gasteiger charge is 2.28. The first-order valence-corrected chi connectivity index (χ1v) is 10.6. The Labute approximate surface area is 173 Å². The number of rotatable bonds is 6. The van der Waals surface area contributed by atoms with Crippen LogP contribution in [0.15, 0.2) is 48.7 Å². The lowest BCUT2D eigenvalue weighted by Crippen LogP contribution is -2.49. The van der Waals surface area contributed by atoms with E-state index in [1.807, 2.05) is 41.4 Å². The molecule has 0 bridgehead atoms. The van der Waals surface area contributed by atoms with E-state index in [2.05, 4.69) is 26.9 Å². The third kappa shape index (κ3) is 4.70. The molecule has 1 atom stereocenters. The summed E-state index contributed by atoms with van der Waals surface area (Å²) in [5.74, 6) is 2.16. The molecule has 4 rings (SSSR count). The third-order valence-corrected chi connectivity index (χ3v) is 6.08. The van der Waals surface area contributed by atoms with Crippen molar-refractivity contribution in [3.63, 3.8) is 0 Å². The number of amides is 1. The van der Waals surface area contributed by atoms with Crippen LogP contribution in [0.2, 0.25) is 0 Å². The molecule has 2 fully saturated rings. The van der Waals surface area contributed by atoms with Crippen LogP contribution in [0, 0.1) is 0 Å².